The minimum Gasteiger partial charge on any atom is -0.399 e. The predicted molar refractivity (Wildman–Crippen MR) is 78.1 cm³/mol. The highest BCUT2D eigenvalue weighted by molar-refractivity contribution is 7.92. The van der Waals surface area contributed by atoms with Crippen molar-refractivity contribution < 1.29 is 13.2 Å². The van der Waals surface area contributed by atoms with Crippen LogP contribution in [0.25, 0.3) is 0 Å². The van der Waals surface area contributed by atoms with Gasteiger partial charge in [0.15, 0.2) is 9.84 Å². The molecule has 0 unspecified atom stereocenters. The number of carbonyl (C=O) groups excluding carboxylic acids is 1. The molecule has 1 aromatic carbocycles. The van der Waals surface area contributed by atoms with Crippen molar-refractivity contribution in [2.45, 2.75) is 31.1 Å². The molecule has 6 heteroatoms. The van der Waals surface area contributed by atoms with Crippen molar-refractivity contribution in [1.29, 1.82) is 0 Å². The number of anilines is 1. The van der Waals surface area contributed by atoms with Gasteiger partial charge in [0.05, 0.1) is 4.90 Å². The molecule has 0 aliphatic carbocycles. The summed E-state index contributed by atoms with van der Waals surface area (Å²) in [5.74, 6) is -0.788. The van der Waals surface area contributed by atoms with Gasteiger partial charge in [-0.15, -0.1) is 0 Å². The Labute approximate surface area is 119 Å². The van der Waals surface area contributed by atoms with Gasteiger partial charge in [0.25, 0.3) is 0 Å². The highest BCUT2D eigenvalue weighted by atomic mass is 32.2. The molecule has 0 atom stereocenters. The lowest BCUT2D eigenvalue weighted by Crippen LogP contribution is -2.39. The van der Waals surface area contributed by atoms with Gasteiger partial charge in [0.2, 0.25) is 5.91 Å². The second-order valence-corrected chi connectivity index (χ2v) is 7.18. The minimum absolute atomic E-state index is 0.155. The van der Waals surface area contributed by atoms with Gasteiger partial charge in [0.1, 0.15) is 5.75 Å². The Morgan fingerprint density at radius 3 is 2.55 bits per heavy atom. The Hall–Kier alpha value is -1.56. The molecule has 5 nitrogen and oxygen atoms in total. The average Bonchev–Trinajstić information content (AvgIpc) is 2.42. The summed E-state index contributed by atoms with van der Waals surface area (Å²) in [7, 11) is -3.63. The van der Waals surface area contributed by atoms with E-state index in [2.05, 4.69) is 0 Å². The number of hydrogen-bond donors (Lipinski definition) is 1. The first-order valence-electron chi connectivity index (χ1n) is 6.77. The number of likely N-dealkylation sites (tertiary alicyclic amines) is 1. The van der Waals surface area contributed by atoms with Crippen molar-refractivity contribution in [2.24, 2.45) is 0 Å². The molecule has 1 aliphatic heterocycles. The molecule has 1 saturated heterocycles. The smallest absolute Gasteiger partial charge is 0.238 e. The Morgan fingerprint density at radius 1 is 1.25 bits per heavy atom. The Bertz CT molecular complexity index is 605. The zero-order valence-electron chi connectivity index (χ0n) is 11.6. The summed E-state index contributed by atoms with van der Waals surface area (Å²) in [5.41, 5.74) is 6.64. The first-order chi connectivity index (χ1) is 9.40. The van der Waals surface area contributed by atoms with E-state index in [1.807, 2.05) is 0 Å². The van der Waals surface area contributed by atoms with E-state index in [1.165, 1.54) is 6.07 Å². The molecule has 20 heavy (non-hydrogen) atoms. The molecule has 1 amide bonds. The van der Waals surface area contributed by atoms with E-state index >= 15 is 0 Å². The molecule has 1 aromatic rings. The number of sulfone groups is 1. The lowest BCUT2D eigenvalue weighted by atomic mass is 10.1. The molecule has 0 spiro atoms. The largest absolute Gasteiger partial charge is 0.399 e. The molecule has 1 fully saturated rings. The minimum atomic E-state index is -3.63. The van der Waals surface area contributed by atoms with Crippen LogP contribution in [0.1, 0.15) is 24.8 Å². The number of nitrogens with zero attached hydrogens (tertiary/aromatic N) is 1. The van der Waals surface area contributed by atoms with Crippen molar-refractivity contribution in [1.82, 2.24) is 4.90 Å². The van der Waals surface area contributed by atoms with Crippen LogP contribution in [0.4, 0.5) is 5.69 Å². The number of benzene rings is 1. The summed E-state index contributed by atoms with van der Waals surface area (Å²) >= 11 is 0. The number of amides is 1. The van der Waals surface area contributed by atoms with Crippen LogP contribution in [0.3, 0.4) is 0 Å². The molecule has 1 aliphatic rings. The van der Waals surface area contributed by atoms with Crippen molar-refractivity contribution >= 4 is 21.4 Å². The fourth-order valence-corrected chi connectivity index (χ4v) is 3.96. The fraction of sp³-hybridized carbons (Fsp3) is 0.500. The van der Waals surface area contributed by atoms with E-state index in [9.17, 15) is 13.2 Å². The molecule has 0 saturated carbocycles. The van der Waals surface area contributed by atoms with Gasteiger partial charge in [-0.25, -0.2) is 8.42 Å². The Balaban J connectivity index is 2.18. The number of nitrogen functional groups attached to an aromatic ring is 1. The van der Waals surface area contributed by atoms with E-state index in [1.54, 1.807) is 24.0 Å². The van der Waals surface area contributed by atoms with Gasteiger partial charge in [-0.3, -0.25) is 4.79 Å². The van der Waals surface area contributed by atoms with Crippen LogP contribution in [0, 0.1) is 6.92 Å². The van der Waals surface area contributed by atoms with Crippen LogP contribution in [-0.4, -0.2) is 38.1 Å². The molecule has 1 heterocycles. The standard InChI is InChI=1S/C14H20N2O3S/c1-11-5-6-12(15)9-13(11)20(18,19)10-14(17)16-7-3-2-4-8-16/h5-6,9H,2-4,7-8,10,15H2,1H3. The molecule has 2 N–H and O–H groups in total. The SMILES string of the molecule is Cc1ccc(N)cc1S(=O)(=O)CC(=O)N1CCCCC1. The first kappa shape index (κ1) is 14.8. The number of hydrogen-bond acceptors (Lipinski definition) is 4. The van der Waals surface area contributed by atoms with E-state index in [4.69, 9.17) is 5.73 Å². The molecular weight excluding hydrogens is 276 g/mol. The lowest BCUT2D eigenvalue weighted by Gasteiger charge is -2.26. The van der Waals surface area contributed by atoms with Crippen LogP contribution in [0.15, 0.2) is 23.1 Å². The van der Waals surface area contributed by atoms with Crippen LogP contribution in [-0.2, 0) is 14.6 Å². The number of nitrogens with two attached hydrogens (primary N) is 1. The second-order valence-electron chi connectivity index (χ2n) is 5.23. The Kier molecular flexibility index (Phi) is 4.32. The molecule has 0 bridgehead atoms. The maximum atomic E-state index is 12.4. The van der Waals surface area contributed by atoms with Crippen LogP contribution >= 0.6 is 0 Å². The summed E-state index contributed by atoms with van der Waals surface area (Å²) in [6.07, 6.45) is 3.00. The van der Waals surface area contributed by atoms with E-state index < -0.39 is 15.6 Å². The van der Waals surface area contributed by atoms with Crippen LogP contribution in [0.5, 0.6) is 0 Å². The van der Waals surface area contributed by atoms with Crippen molar-refractivity contribution in [2.75, 3.05) is 24.6 Å². The summed E-state index contributed by atoms with van der Waals surface area (Å²) in [4.78, 5) is 13.9. The van der Waals surface area contributed by atoms with Gasteiger partial charge in [0, 0.05) is 18.8 Å². The third-order valence-electron chi connectivity index (χ3n) is 3.57. The molecule has 0 radical (unpaired) electrons. The van der Waals surface area contributed by atoms with Crippen molar-refractivity contribution in [3.05, 3.63) is 23.8 Å². The number of carbonyl (C=O) groups is 1. The topological polar surface area (TPSA) is 80.5 Å². The number of rotatable bonds is 3. The predicted octanol–water partition coefficient (Wildman–Crippen LogP) is 1.36. The maximum absolute atomic E-state index is 12.4. The van der Waals surface area contributed by atoms with Crippen LogP contribution in [0.2, 0.25) is 0 Å². The molecule has 2 rings (SSSR count). The third-order valence-corrected chi connectivity index (χ3v) is 5.31. The van der Waals surface area contributed by atoms with Gasteiger partial charge >= 0.3 is 0 Å². The maximum Gasteiger partial charge on any atom is 0.238 e. The zero-order valence-corrected chi connectivity index (χ0v) is 12.4. The fourth-order valence-electron chi connectivity index (χ4n) is 2.43. The van der Waals surface area contributed by atoms with Crippen molar-refractivity contribution in [3.8, 4) is 0 Å². The van der Waals surface area contributed by atoms with Gasteiger partial charge in [-0.05, 0) is 43.9 Å². The summed E-state index contributed by atoms with van der Waals surface area (Å²) < 4.78 is 24.7. The summed E-state index contributed by atoms with van der Waals surface area (Å²) in [6, 6.07) is 4.74. The second kappa shape index (κ2) is 5.83. The first-order valence-corrected chi connectivity index (χ1v) is 8.42. The van der Waals surface area contributed by atoms with Gasteiger partial charge in [-0.2, -0.15) is 0 Å². The van der Waals surface area contributed by atoms with Gasteiger partial charge < -0.3 is 10.6 Å². The van der Waals surface area contributed by atoms with E-state index in [0.717, 1.165) is 19.3 Å². The van der Waals surface area contributed by atoms with Gasteiger partial charge in [-0.1, -0.05) is 6.07 Å². The average molecular weight is 296 g/mol. The Morgan fingerprint density at radius 2 is 1.90 bits per heavy atom. The number of piperidine rings is 1. The molecule has 110 valence electrons. The van der Waals surface area contributed by atoms with E-state index in [-0.39, 0.29) is 10.8 Å². The third kappa shape index (κ3) is 3.30. The highest BCUT2D eigenvalue weighted by Crippen LogP contribution is 2.20. The van der Waals surface area contributed by atoms with Crippen LogP contribution < -0.4 is 5.73 Å². The highest BCUT2D eigenvalue weighted by Gasteiger charge is 2.25. The number of aryl methyl sites for hydroxylation is 1. The van der Waals surface area contributed by atoms with Crippen molar-refractivity contribution in [3.63, 3.8) is 0 Å². The summed E-state index contributed by atoms with van der Waals surface area (Å²) in [5, 5.41) is 0. The molecule has 0 aromatic heterocycles. The normalized spacial score (nSPS) is 16.1. The van der Waals surface area contributed by atoms with E-state index in [0.29, 0.717) is 24.3 Å². The lowest BCUT2D eigenvalue weighted by molar-refractivity contribution is -0.129. The zero-order chi connectivity index (χ0) is 14.8. The summed E-state index contributed by atoms with van der Waals surface area (Å²) in [6.45, 7) is 3.02. The molecular formula is C14H20N2O3S. The monoisotopic (exact) mass is 296 g/mol. The quantitative estimate of drug-likeness (QED) is 0.854.